The van der Waals surface area contributed by atoms with Crippen molar-refractivity contribution in [2.45, 2.75) is 19.8 Å². The molecule has 0 amide bonds. The molecule has 2 heterocycles. The summed E-state index contributed by atoms with van der Waals surface area (Å²) in [5.41, 5.74) is 4.16. The van der Waals surface area contributed by atoms with Crippen LogP contribution in [0.3, 0.4) is 0 Å². The molecule has 0 radical (unpaired) electrons. The zero-order chi connectivity index (χ0) is 26.7. The first kappa shape index (κ1) is 25.6. The van der Waals surface area contributed by atoms with Crippen molar-refractivity contribution >= 4 is 39.8 Å². The lowest BCUT2D eigenvalue weighted by Gasteiger charge is -2.31. The van der Waals surface area contributed by atoms with Crippen LogP contribution in [-0.2, 0) is 19.1 Å². The SMILES string of the molecule is COC(=O)C1=C(C)NC(C)=C(C(=O)OC)C1c1ccccc1Nc1nc(-c2cccc([N+](=O)[O-])c2)cs1. The van der Waals surface area contributed by atoms with Gasteiger partial charge >= 0.3 is 11.9 Å². The number of dihydropyridines is 1. The van der Waals surface area contributed by atoms with E-state index in [2.05, 4.69) is 15.6 Å². The van der Waals surface area contributed by atoms with Crippen molar-refractivity contribution in [3.05, 3.63) is 92.1 Å². The number of ether oxygens (including phenoxy) is 2. The Labute approximate surface area is 216 Å². The van der Waals surface area contributed by atoms with Crippen LogP contribution in [0.4, 0.5) is 16.5 Å². The fourth-order valence-corrected chi connectivity index (χ4v) is 5.02. The van der Waals surface area contributed by atoms with Crippen LogP contribution in [0.25, 0.3) is 11.3 Å². The molecule has 4 rings (SSSR count). The lowest BCUT2D eigenvalue weighted by Crippen LogP contribution is -2.32. The number of carbonyl (C=O) groups is 2. The molecular formula is C26H24N4O6S. The summed E-state index contributed by atoms with van der Waals surface area (Å²) in [6.45, 7) is 3.50. The first-order chi connectivity index (χ1) is 17.7. The highest BCUT2D eigenvalue weighted by Crippen LogP contribution is 2.43. The second-order valence-electron chi connectivity index (χ2n) is 8.18. The average Bonchev–Trinajstić information content (AvgIpc) is 3.36. The predicted octanol–water partition coefficient (Wildman–Crippen LogP) is 5.04. The number of nitrogens with zero attached hydrogens (tertiary/aromatic N) is 2. The minimum atomic E-state index is -0.763. The van der Waals surface area contributed by atoms with E-state index in [-0.39, 0.29) is 5.69 Å². The minimum Gasteiger partial charge on any atom is -0.466 e. The Bertz CT molecular complexity index is 1420. The predicted molar refractivity (Wildman–Crippen MR) is 139 cm³/mol. The van der Waals surface area contributed by atoms with Crippen LogP contribution >= 0.6 is 11.3 Å². The van der Waals surface area contributed by atoms with Crippen LogP contribution in [0.5, 0.6) is 0 Å². The largest absolute Gasteiger partial charge is 0.466 e. The molecule has 1 aliphatic rings. The van der Waals surface area contributed by atoms with E-state index in [4.69, 9.17) is 9.47 Å². The van der Waals surface area contributed by atoms with E-state index in [0.29, 0.717) is 50.2 Å². The number of nitrogens with one attached hydrogen (secondary N) is 2. The number of aromatic nitrogens is 1. The fourth-order valence-electron chi connectivity index (χ4n) is 4.29. The molecule has 2 N–H and O–H groups in total. The first-order valence-electron chi connectivity index (χ1n) is 11.2. The van der Waals surface area contributed by atoms with Crippen LogP contribution < -0.4 is 10.6 Å². The third kappa shape index (κ3) is 5.07. The van der Waals surface area contributed by atoms with Crippen molar-refractivity contribution in [3.63, 3.8) is 0 Å². The second-order valence-corrected chi connectivity index (χ2v) is 9.03. The molecule has 0 saturated heterocycles. The number of anilines is 2. The molecule has 0 spiro atoms. The van der Waals surface area contributed by atoms with Gasteiger partial charge in [0.25, 0.3) is 5.69 Å². The van der Waals surface area contributed by atoms with E-state index in [0.717, 1.165) is 0 Å². The Morgan fingerprint density at radius 1 is 1.03 bits per heavy atom. The number of para-hydroxylation sites is 1. The number of allylic oxidation sites excluding steroid dienone is 2. The maximum atomic E-state index is 12.9. The van der Waals surface area contributed by atoms with Gasteiger partial charge in [0.05, 0.1) is 41.9 Å². The highest BCUT2D eigenvalue weighted by atomic mass is 32.1. The van der Waals surface area contributed by atoms with Crippen LogP contribution in [0.15, 0.2) is 76.5 Å². The summed E-state index contributed by atoms with van der Waals surface area (Å²) in [7, 11) is 2.58. The van der Waals surface area contributed by atoms with Gasteiger partial charge in [0, 0.05) is 40.2 Å². The number of nitro groups is 1. The van der Waals surface area contributed by atoms with Gasteiger partial charge in [-0.05, 0) is 25.5 Å². The molecule has 0 unspecified atom stereocenters. The van der Waals surface area contributed by atoms with Crippen LogP contribution in [0.1, 0.15) is 25.3 Å². The van der Waals surface area contributed by atoms with Crippen molar-refractivity contribution in [1.29, 1.82) is 0 Å². The maximum absolute atomic E-state index is 12.9. The number of thiazole rings is 1. The highest BCUT2D eigenvalue weighted by Gasteiger charge is 2.38. The number of hydrogen-bond donors (Lipinski definition) is 2. The summed E-state index contributed by atoms with van der Waals surface area (Å²) in [4.78, 5) is 41.0. The summed E-state index contributed by atoms with van der Waals surface area (Å²) in [5, 5.41) is 19.9. The van der Waals surface area contributed by atoms with Crippen LogP contribution in [0.2, 0.25) is 0 Å². The van der Waals surface area contributed by atoms with E-state index in [1.165, 1.54) is 37.7 Å². The molecule has 0 fully saturated rings. The maximum Gasteiger partial charge on any atom is 0.336 e. The summed E-state index contributed by atoms with van der Waals surface area (Å²) in [5.74, 6) is -1.90. The molecule has 1 aliphatic heterocycles. The topological polar surface area (TPSA) is 133 Å². The lowest BCUT2D eigenvalue weighted by molar-refractivity contribution is -0.384. The summed E-state index contributed by atoms with van der Waals surface area (Å²) in [6.07, 6.45) is 0. The van der Waals surface area contributed by atoms with Gasteiger partial charge in [-0.2, -0.15) is 0 Å². The molecular weight excluding hydrogens is 496 g/mol. The van der Waals surface area contributed by atoms with Gasteiger partial charge in [0.1, 0.15) is 0 Å². The van der Waals surface area contributed by atoms with Gasteiger partial charge in [-0.3, -0.25) is 10.1 Å². The average molecular weight is 521 g/mol. The second kappa shape index (κ2) is 10.6. The lowest BCUT2D eigenvalue weighted by atomic mass is 9.79. The molecule has 190 valence electrons. The molecule has 3 aromatic rings. The van der Waals surface area contributed by atoms with E-state index in [1.54, 1.807) is 31.4 Å². The van der Waals surface area contributed by atoms with Crippen molar-refractivity contribution < 1.29 is 24.0 Å². The number of carbonyl (C=O) groups excluding carboxylic acids is 2. The Balaban J connectivity index is 1.76. The fraction of sp³-hybridized carbons (Fsp3) is 0.192. The highest BCUT2D eigenvalue weighted by molar-refractivity contribution is 7.14. The number of methoxy groups -OCH3 is 2. The molecule has 0 saturated carbocycles. The van der Waals surface area contributed by atoms with E-state index in [9.17, 15) is 19.7 Å². The number of rotatable bonds is 7. The van der Waals surface area contributed by atoms with Gasteiger partial charge < -0.3 is 20.1 Å². The third-order valence-electron chi connectivity index (χ3n) is 5.94. The smallest absolute Gasteiger partial charge is 0.336 e. The molecule has 0 aliphatic carbocycles. The Morgan fingerprint density at radius 3 is 2.30 bits per heavy atom. The van der Waals surface area contributed by atoms with Gasteiger partial charge in [-0.25, -0.2) is 14.6 Å². The number of nitro benzene ring substituents is 1. The number of hydrogen-bond acceptors (Lipinski definition) is 10. The van der Waals surface area contributed by atoms with E-state index < -0.39 is 22.8 Å². The third-order valence-corrected chi connectivity index (χ3v) is 6.70. The summed E-state index contributed by atoms with van der Waals surface area (Å²) >= 11 is 1.32. The first-order valence-corrected chi connectivity index (χ1v) is 12.0. The number of non-ortho nitro benzene ring substituents is 1. The quantitative estimate of drug-likeness (QED) is 0.250. The van der Waals surface area contributed by atoms with Gasteiger partial charge in [-0.1, -0.05) is 30.3 Å². The molecule has 2 aromatic carbocycles. The van der Waals surface area contributed by atoms with Crippen LogP contribution in [-0.4, -0.2) is 36.1 Å². The van der Waals surface area contributed by atoms with E-state index in [1.807, 2.05) is 24.3 Å². The number of benzene rings is 2. The summed E-state index contributed by atoms with van der Waals surface area (Å²) < 4.78 is 10.1. The number of esters is 2. The van der Waals surface area contributed by atoms with Crippen LogP contribution in [0, 0.1) is 10.1 Å². The van der Waals surface area contributed by atoms with Crippen molar-refractivity contribution in [1.82, 2.24) is 10.3 Å². The van der Waals surface area contributed by atoms with Gasteiger partial charge in [0.15, 0.2) is 5.13 Å². The minimum absolute atomic E-state index is 0.0220. The molecule has 1 aromatic heterocycles. The Morgan fingerprint density at radius 2 is 1.68 bits per heavy atom. The molecule has 10 nitrogen and oxygen atoms in total. The molecule has 11 heteroatoms. The van der Waals surface area contributed by atoms with Gasteiger partial charge in [-0.15, -0.1) is 11.3 Å². The van der Waals surface area contributed by atoms with Gasteiger partial charge in [0.2, 0.25) is 0 Å². The standard InChI is InChI=1S/C26H24N4O6S/c1-14-21(24(31)35-3)23(22(15(2)27-14)25(32)36-4)18-10-5-6-11-19(18)28-26-29-20(13-37-26)16-8-7-9-17(12-16)30(33)34/h5-13,23,27H,1-4H3,(H,28,29). The molecule has 0 bridgehead atoms. The van der Waals surface area contributed by atoms with E-state index >= 15 is 0 Å². The summed E-state index contributed by atoms with van der Waals surface area (Å²) in [6, 6.07) is 13.5. The van der Waals surface area contributed by atoms with Crippen molar-refractivity contribution in [2.24, 2.45) is 0 Å². The zero-order valence-corrected chi connectivity index (χ0v) is 21.3. The van der Waals surface area contributed by atoms with Crippen molar-refractivity contribution in [2.75, 3.05) is 19.5 Å². The molecule has 0 atom stereocenters. The molecule has 37 heavy (non-hydrogen) atoms. The Hall–Kier alpha value is -4.51. The van der Waals surface area contributed by atoms with Crippen molar-refractivity contribution in [3.8, 4) is 11.3 Å². The zero-order valence-electron chi connectivity index (χ0n) is 20.5. The normalized spacial score (nSPS) is 13.7. The Kier molecular flexibility index (Phi) is 7.35. The monoisotopic (exact) mass is 520 g/mol.